The van der Waals surface area contributed by atoms with Gasteiger partial charge in [0.05, 0.1) is 18.1 Å². The van der Waals surface area contributed by atoms with Gasteiger partial charge in [-0.15, -0.1) is 11.8 Å². The van der Waals surface area contributed by atoms with Crippen molar-refractivity contribution in [2.24, 2.45) is 0 Å². The van der Waals surface area contributed by atoms with Crippen LogP contribution in [0, 0.1) is 0 Å². The SMILES string of the molecule is C[C@@H](O)c1ccccc1SCc1ccco1. The van der Waals surface area contributed by atoms with E-state index in [-0.39, 0.29) is 0 Å². The van der Waals surface area contributed by atoms with Crippen molar-refractivity contribution in [3.8, 4) is 0 Å². The molecule has 16 heavy (non-hydrogen) atoms. The van der Waals surface area contributed by atoms with Gasteiger partial charge in [-0.2, -0.15) is 0 Å². The fourth-order valence-corrected chi connectivity index (χ4v) is 2.54. The Kier molecular flexibility index (Phi) is 3.70. The number of aliphatic hydroxyl groups excluding tert-OH is 1. The Morgan fingerprint density at radius 1 is 1.25 bits per heavy atom. The first kappa shape index (κ1) is 11.3. The van der Waals surface area contributed by atoms with Crippen LogP contribution in [0.3, 0.4) is 0 Å². The largest absolute Gasteiger partial charge is 0.468 e. The lowest BCUT2D eigenvalue weighted by molar-refractivity contribution is 0.196. The van der Waals surface area contributed by atoms with Gasteiger partial charge in [-0.05, 0) is 30.7 Å². The molecule has 0 radical (unpaired) electrons. The molecule has 1 aromatic heterocycles. The molecule has 0 fully saturated rings. The maximum absolute atomic E-state index is 9.62. The van der Waals surface area contributed by atoms with Crippen LogP contribution in [-0.4, -0.2) is 5.11 Å². The average molecular weight is 234 g/mol. The highest BCUT2D eigenvalue weighted by atomic mass is 32.2. The van der Waals surface area contributed by atoms with Crippen LogP contribution in [0.1, 0.15) is 24.4 Å². The van der Waals surface area contributed by atoms with Crippen LogP contribution in [0.15, 0.2) is 52.0 Å². The predicted molar refractivity (Wildman–Crippen MR) is 65.3 cm³/mol. The highest BCUT2D eigenvalue weighted by molar-refractivity contribution is 7.98. The summed E-state index contributed by atoms with van der Waals surface area (Å²) >= 11 is 1.68. The maximum Gasteiger partial charge on any atom is 0.113 e. The van der Waals surface area contributed by atoms with Gasteiger partial charge in [0.25, 0.3) is 0 Å². The molecule has 0 amide bonds. The van der Waals surface area contributed by atoms with Gasteiger partial charge < -0.3 is 9.52 Å². The molecule has 2 rings (SSSR count). The van der Waals surface area contributed by atoms with Crippen LogP contribution in [0.5, 0.6) is 0 Å². The quantitative estimate of drug-likeness (QED) is 0.820. The summed E-state index contributed by atoms with van der Waals surface area (Å²) in [6.45, 7) is 1.78. The summed E-state index contributed by atoms with van der Waals surface area (Å²) in [4.78, 5) is 1.11. The summed E-state index contributed by atoms with van der Waals surface area (Å²) in [5, 5.41) is 9.62. The van der Waals surface area contributed by atoms with E-state index in [0.717, 1.165) is 22.0 Å². The third kappa shape index (κ3) is 2.68. The summed E-state index contributed by atoms with van der Waals surface area (Å²) in [5.41, 5.74) is 0.971. The number of thioether (sulfide) groups is 1. The minimum Gasteiger partial charge on any atom is -0.468 e. The van der Waals surface area contributed by atoms with Crippen molar-refractivity contribution >= 4 is 11.8 Å². The van der Waals surface area contributed by atoms with E-state index in [9.17, 15) is 5.11 Å². The van der Waals surface area contributed by atoms with E-state index in [0.29, 0.717) is 0 Å². The molecule has 0 saturated heterocycles. The van der Waals surface area contributed by atoms with Crippen LogP contribution in [-0.2, 0) is 5.75 Å². The summed E-state index contributed by atoms with van der Waals surface area (Å²) in [6, 6.07) is 11.7. The Bertz CT molecular complexity index is 435. The van der Waals surface area contributed by atoms with Crippen molar-refractivity contribution in [1.29, 1.82) is 0 Å². The molecule has 0 aliphatic heterocycles. The fourth-order valence-electron chi connectivity index (χ4n) is 1.50. The second kappa shape index (κ2) is 5.23. The van der Waals surface area contributed by atoms with Gasteiger partial charge in [0.2, 0.25) is 0 Å². The van der Waals surface area contributed by atoms with E-state index in [2.05, 4.69) is 0 Å². The van der Waals surface area contributed by atoms with Gasteiger partial charge in [0, 0.05) is 4.90 Å². The summed E-state index contributed by atoms with van der Waals surface area (Å²) in [6.07, 6.45) is 1.25. The van der Waals surface area contributed by atoms with Gasteiger partial charge >= 0.3 is 0 Å². The lowest BCUT2D eigenvalue weighted by atomic mass is 10.1. The second-order valence-corrected chi connectivity index (χ2v) is 4.60. The fraction of sp³-hybridized carbons (Fsp3) is 0.231. The number of rotatable bonds is 4. The molecule has 1 aromatic carbocycles. The zero-order valence-corrected chi connectivity index (χ0v) is 9.91. The molecule has 0 saturated carbocycles. The summed E-state index contributed by atoms with van der Waals surface area (Å²) < 4.78 is 5.27. The highest BCUT2D eigenvalue weighted by Crippen LogP contribution is 2.29. The van der Waals surface area contributed by atoms with E-state index >= 15 is 0 Å². The van der Waals surface area contributed by atoms with Crippen molar-refractivity contribution in [1.82, 2.24) is 0 Å². The van der Waals surface area contributed by atoms with Gasteiger partial charge in [-0.25, -0.2) is 0 Å². The zero-order chi connectivity index (χ0) is 11.4. The van der Waals surface area contributed by atoms with Gasteiger partial charge in [0.15, 0.2) is 0 Å². The molecule has 3 heteroatoms. The molecule has 2 nitrogen and oxygen atoms in total. The first-order valence-electron chi connectivity index (χ1n) is 5.19. The molecule has 1 heterocycles. The van der Waals surface area contributed by atoms with E-state index in [4.69, 9.17) is 4.42 Å². The lowest BCUT2D eigenvalue weighted by Crippen LogP contribution is -1.93. The molecular weight excluding hydrogens is 220 g/mol. The number of aliphatic hydroxyl groups is 1. The van der Waals surface area contributed by atoms with Crippen LogP contribution in [0.4, 0.5) is 0 Å². The number of hydrogen-bond acceptors (Lipinski definition) is 3. The molecule has 0 aliphatic rings. The topological polar surface area (TPSA) is 33.4 Å². The predicted octanol–water partition coefficient (Wildman–Crippen LogP) is 3.63. The number of hydrogen-bond donors (Lipinski definition) is 1. The third-order valence-corrected chi connectivity index (χ3v) is 3.43. The van der Waals surface area contributed by atoms with Crippen molar-refractivity contribution in [2.75, 3.05) is 0 Å². The van der Waals surface area contributed by atoms with Crippen LogP contribution in [0.2, 0.25) is 0 Å². The van der Waals surface area contributed by atoms with E-state index in [1.807, 2.05) is 36.4 Å². The Morgan fingerprint density at radius 3 is 2.75 bits per heavy atom. The summed E-state index contributed by atoms with van der Waals surface area (Å²) in [5.74, 6) is 1.74. The van der Waals surface area contributed by atoms with Crippen molar-refractivity contribution in [3.05, 3.63) is 54.0 Å². The Morgan fingerprint density at radius 2 is 2.06 bits per heavy atom. The minimum absolute atomic E-state index is 0.430. The molecule has 0 unspecified atom stereocenters. The Hall–Kier alpha value is -1.19. The number of furan rings is 1. The maximum atomic E-state index is 9.62. The first-order chi connectivity index (χ1) is 7.77. The molecule has 2 aromatic rings. The van der Waals surface area contributed by atoms with E-state index in [1.54, 1.807) is 24.9 Å². The molecule has 0 spiro atoms. The molecule has 0 bridgehead atoms. The standard InChI is InChI=1S/C13H14O2S/c1-10(14)12-6-2-3-7-13(12)16-9-11-5-4-8-15-11/h2-8,10,14H,9H2,1H3/t10-/m1/s1. The normalized spacial score (nSPS) is 12.6. The van der Waals surface area contributed by atoms with Gasteiger partial charge in [-0.1, -0.05) is 18.2 Å². The lowest BCUT2D eigenvalue weighted by Gasteiger charge is -2.10. The molecule has 1 atom stereocenters. The van der Waals surface area contributed by atoms with E-state index < -0.39 is 6.10 Å². The van der Waals surface area contributed by atoms with Crippen molar-refractivity contribution < 1.29 is 9.52 Å². The van der Waals surface area contributed by atoms with Crippen LogP contribution < -0.4 is 0 Å². The zero-order valence-electron chi connectivity index (χ0n) is 9.09. The Labute approximate surface area is 99.3 Å². The smallest absolute Gasteiger partial charge is 0.113 e. The minimum atomic E-state index is -0.430. The third-order valence-electron chi connectivity index (χ3n) is 2.32. The molecular formula is C13H14O2S. The van der Waals surface area contributed by atoms with Gasteiger partial charge in [0.1, 0.15) is 5.76 Å². The van der Waals surface area contributed by atoms with Crippen molar-refractivity contribution in [3.63, 3.8) is 0 Å². The van der Waals surface area contributed by atoms with E-state index in [1.165, 1.54) is 0 Å². The Balaban J connectivity index is 2.09. The van der Waals surface area contributed by atoms with Crippen LogP contribution >= 0.6 is 11.8 Å². The monoisotopic (exact) mass is 234 g/mol. The van der Waals surface area contributed by atoms with Gasteiger partial charge in [-0.3, -0.25) is 0 Å². The molecule has 1 N–H and O–H groups in total. The number of benzene rings is 1. The molecule has 0 aliphatic carbocycles. The van der Waals surface area contributed by atoms with Crippen molar-refractivity contribution in [2.45, 2.75) is 23.7 Å². The molecule has 84 valence electrons. The second-order valence-electron chi connectivity index (χ2n) is 3.58. The highest BCUT2D eigenvalue weighted by Gasteiger charge is 2.08. The average Bonchev–Trinajstić information content (AvgIpc) is 2.79. The summed E-state index contributed by atoms with van der Waals surface area (Å²) in [7, 11) is 0. The van der Waals surface area contributed by atoms with Crippen LogP contribution in [0.25, 0.3) is 0 Å². The first-order valence-corrected chi connectivity index (χ1v) is 6.18.